The average Bonchev–Trinajstić information content (AvgIpc) is 3.11. The molecule has 2 rings (SSSR count). The van der Waals surface area contributed by atoms with Gasteiger partial charge in [0.15, 0.2) is 0 Å². The number of carbonyl (C=O) groups is 1. The maximum absolute atomic E-state index is 12.1. The van der Waals surface area contributed by atoms with E-state index in [1.165, 1.54) is 0 Å². The van der Waals surface area contributed by atoms with Gasteiger partial charge in [-0.2, -0.15) is 0 Å². The fourth-order valence-corrected chi connectivity index (χ4v) is 2.45. The second kappa shape index (κ2) is 5.64. The number of piperidine rings is 1. The minimum Gasteiger partial charge on any atom is -0.395 e. The molecular formula is C12H22N2O2. The predicted octanol–water partition coefficient (Wildman–Crippen LogP) is 0.359. The van der Waals surface area contributed by atoms with Crippen molar-refractivity contribution in [2.24, 2.45) is 5.92 Å². The molecule has 0 unspecified atom stereocenters. The summed E-state index contributed by atoms with van der Waals surface area (Å²) >= 11 is 0. The predicted molar refractivity (Wildman–Crippen MR) is 62.0 cm³/mol. The molecule has 1 saturated heterocycles. The van der Waals surface area contributed by atoms with Gasteiger partial charge in [0.2, 0.25) is 5.91 Å². The first-order valence-corrected chi connectivity index (χ1v) is 6.42. The highest BCUT2D eigenvalue weighted by molar-refractivity contribution is 5.77. The average molecular weight is 226 g/mol. The normalized spacial score (nSPS) is 22.1. The zero-order valence-corrected chi connectivity index (χ0v) is 9.82. The molecule has 1 saturated carbocycles. The molecule has 4 heteroatoms. The Hall–Kier alpha value is -0.610. The Morgan fingerprint density at radius 1 is 1.25 bits per heavy atom. The molecule has 0 spiro atoms. The van der Waals surface area contributed by atoms with Crippen LogP contribution in [0.15, 0.2) is 0 Å². The van der Waals surface area contributed by atoms with Crippen LogP contribution in [0.2, 0.25) is 0 Å². The molecule has 0 bridgehead atoms. The van der Waals surface area contributed by atoms with E-state index in [1.54, 1.807) is 0 Å². The van der Waals surface area contributed by atoms with Gasteiger partial charge >= 0.3 is 0 Å². The zero-order valence-electron chi connectivity index (χ0n) is 9.82. The minimum absolute atomic E-state index is 0.0917. The number of rotatable bonds is 5. The van der Waals surface area contributed by atoms with Crippen molar-refractivity contribution >= 4 is 5.91 Å². The van der Waals surface area contributed by atoms with Gasteiger partial charge in [0.25, 0.3) is 0 Å². The Morgan fingerprint density at radius 2 is 1.94 bits per heavy atom. The van der Waals surface area contributed by atoms with Crippen LogP contribution >= 0.6 is 0 Å². The van der Waals surface area contributed by atoms with Crippen molar-refractivity contribution in [1.29, 1.82) is 0 Å². The third-order valence-corrected chi connectivity index (χ3v) is 3.57. The molecule has 0 aromatic rings. The molecule has 92 valence electrons. The highest BCUT2D eigenvalue weighted by atomic mass is 16.3. The van der Waals surface area contributed by atoms with Crippen molar-refractivity contribution in [3.05, 3.63) is 0 Å². The minimum atomic E-state index is 0.0917. The second-order valence-corrected chi connectivity index (χ2v) is 4.94. The van der Waals surface area contributed by atoms with Gasteiger partial charge in [-0.3, -0.25) is 4.79 Å². The van der Waals surface area contributed by atoms with E-state index in [-0.39, 0.29) is 12.5 Å². The number of nitrogens with zero attached hydrogens (tertiary/aromatic N) is 1. The van der Waals surface area contributed by atoms with Crippen LogP contribution in [0.4, 0.5) is 0 Å². The molecule has 1 aliphatic heterocycles. The summed E-state index contributed by atoms with van der Waals surface area (Å²) in [6.07, 6.45) is 5.15. The van der Waals surface area contributed by atoms with Crippen LogP contribution in [0.25, 0.3) is 0 Å². The van der Waals surface area contributed by atoms with Crippen LogP contribution in [0.3, 0.4) is 0 Å². The van der Waals surface area contributed by atoms with E-state index in [2.05, 4.69) is 5.32 Å². The zero-order chi connectivity index (χ0) is 11.4. The number of aliphatic hydroxyl groups is 1. The largest absolute Gasteiger partial charge is 0.395 e. The van der Waals surface area contributed by atoms with Crippen molar-refractivity contribution in [2.45, 2.75) is 38.1 Å². The Kier molecular flexibility index (Phi) is 4.18. The molecule has 2 aliphatic rings. The fourth-order valence-electron chi connectivity index (χ4n) is 2.45. The molecule has 2 N–H and O–H groups in total. The van der Waals surface area contributed by atoms with Gasteiger partial charge < -0.3 is 15.3 Å². The third-order valence-electron chi connectivity index (χ3n) is 3.57. The summed E-state index contributed by atoms with van der Waals surface area (Å²) in [6, 6.07) is 0.432. The Labute approximate surface area is 97.0 Å². The van der Waals surface area contributed by atoms with Crippen LogP contribution in [0, 0.1) is 5.92 Å². The summed E-state index contributed by atoms with van der Waals surface area (Å²) in [6.45, 7) is 2.70. The van der Waals surface area contributed by atoms with Gasteiger partial charge in [-0.1, -0.05) is 0 Å². The highest BCUT2D eigenvalue weighted by Gasteiger charge is 2.32. The lowest BCUT2D eigenvalue weighted by molar-refractivity contribution is -0.133. The Balaban J connectivity index is 1.79. The van der Waals surface area contributed by atoms with Crippen molar-refractivity contribution in [1.82, 2.24) is 10.2 Å². The van der Waals surface area contributed by atoms with E-state index in [1.807, 2.05) is 4.90 Å². The van der Waals surface area contributed by atoms with Gasteiger partial charge in [-0.15, -0.1) is 0 Å². The van der Waals surface area contributed by atoms with Crippen molar-refractivity contribution in [3.63, 3.8) is 0 Å². The van der Waals surface area contributed by atoms with Crippen LogP contribution in [-0.4, -0.2) is 48.2 Å². The van der Waals surface area contributed by atoms with Crippen LogP contribution in [0.1, 0.15) is 32.1 Å². The third kappa shape index (κ3) is 3.19. The number of aliphatic hydroxyl groups excluding tert-OH is 1. The maximum Gasteiger partial charge on any atom is 0.223 e. The first-order chi connectivity index (χ1) is 7.81. The van der Waals surface area contributed by atoms with Crippen LogP contribution < -0.4 is 5.32 Å². The summed E-state index contributed by atoms with van der Waals surface area (Å²) in [7, 11) is 0. The molecular weight excluding hydrogens is 204 g/mol. The molecule has 16 heavy (non-hydrogen) atoms. The van der Waals surface area contributed by atoms with Gasteiger partial charge in [-0.05, 0) is 44.7 Å². The lowest BCUT2D eigenvalue weighted by atomic mass is 9.94. The molecule has 1 heterocycles. The maximum atomic E-state index is 12.1. The quantitative estimate of drug-likeness (QED) is 0.711. The molecule has 0 aromatic heterocycles. The molecule has 0 radical (unpaired) electrons. The van der Waals surface area contributed by atoms with Gasteiger partial charge in [0.1, 0.15) is 0 Å². The van der Waals surface area contributed by atoms with Crippen molar-refractivity contribution in [3.8, 4) is 0 Å². The van der Waals surface area contributed by atoms with E-state index in [0.717, 1.165) is 38.8 Å². The summed E-state index contributed by atoms with van der Waals surface area (Å²) in [4.78, 5) is 14.0. The van der Waals surface area contributed by atoms with E-state index in [0.29, 0.717) is 24.9 Å². The van der Waals surface area contributed by atoms with Crippen molar-refractivity contribution < 1.29 is 9.90 Å². The number of nitrogens with one attached hydrogen (secondary N) is 1. The van der Waals surface area contributed by atoms with Gasteiger partial charge in [0, 0.05) is 19.0 Å². The standard InChI is InChI=1S/C12H22N2O2/c15-8-7-14(11-1-2-11)12(16)9-10-3-5-13-6-4-10/h10-11,13,15H,1-9H2. The summed E-state index contributed by atoms with van der Waals surface area (Å²) in [5.74, 6) is 0.803. The highest BCUT2D eigenvalue weighted by Crippen LogP contribution is 2.28. The summed E-state index contributed by atoms with van der Waals surface area (Å²) < 4.78 is 0. The van der Waals surface area contributed by atoms with Crippen LogP contribution in [-0.2, 0) is 4.79 Å². The van der Waals surface area contributed by atoms with E-state index in [9.17, 15) is 4.79 Å². The summed E-state index contributed by atoms with van der Waals surface area (Å²) in [5, 5.41) is 12.3. The number of hydrogen-bond acceptors (Lipinski definition) is 3. The van der Waals surface area contributed by atoms with E-state index >= 15 is 0 Å². The van der Waals surface area contributed by atoms with E-state index in [4.69, 9.17) is 5.11 Å². The topological polar surface area (TPSA) is 52.6 Å². The summed E-state index contributed by atoms with van der Waals surface area (Å²) in [5.41, 5.74) is 0. The molecule has 2 fully saturated rings. The Bertz CT molecular complexity index is 235. The molecule has 4 nitrogen and oxygen atoms in total. The lowest BCUT2D eigenvalue weighted by Crippen LogP contribution is -2.38. The lowest BCUT2D eigenvalue weighted by Gasteiger charge is -2.26. The van der Waals surface area contributed by atoms with Gasteiger partial charge in [0.05, 0.1) is 6.61 Å². The molecule has 1 amide bonds. The smallest absolute Gasteiger partial charge is 0.223 e. The Morgan fingerprint density at radius 3 is 2.50 bits per heavy atom. The number of hydrogen-bond donors (Lipinski definition) is 2. The second-order valence-electron chi connectivity index (χ2n) is 4.94. The first-order valence-electron chi connectivity index (χ1n) is 6.42. The number of carbonyl (C=O) groups excluding carboxylic acids is 1. The van der Waals surface area contributed by atoms with E-state index < -0.39 is 0 Å². The monoisotopic (exact) mass is 226 g/mol. The first kappa shape index (κ1) is 11.9. The van der Waals surface area contributed by atoms with Crippen LogP contribution in [0.5, 0.6) is 0 Å². The SMILES string of the molecule is O=C(CC1CCNCC1)N(CCO)C1CC1. The van der Waals surface area contributed by atoms with Crippen molar-refractivity contribution in [2.75, 3.05) is 26.2 Å². The fraction of sp³-hybridized carbons (Fsp3) is 0.917. The number of amides is 1. The molecule has 0 atom stereocenters. The van der Waals surface area contributed by atoms with Gasteiger partial charge in [-0.25, -0.2) is 0 Å². The molecule has 1 aliphatic carbocycles. The molecule has 0 aromatic carbocycles.